The molecule has 0 unspecified atom stereocenters. The minimum Gasteiger partial charge on any atom is -0.366 e. The Kier molecular flexibility index (Phi) is 1.66. The molecule has 2 saturated heterocycles. The van der Waals surface area contributed by atoms with Gasteiger partial charge >= 0.3 is 0 Å². The third-order valence-corrected chi connectivity index (χ3v) is 4.31. The lowest BCUT2D eigenvalue weighted by molar-refractivity contribution is -0.214. The number of ether oxygens (including phenoxy) is 2. The van der Waals surface area contributed by atoms with Crippen LogP contribution < -0.4 is 5.32 Å². The van der Waals surface area contributed by atoms with Crippen molar-refractivity contribution in [2.75, 3.05) is 11.9 Å². The Morgan fingerprint density at radius 1 is 1.42 bits per heavy atom. The average Bonchev–Trinajstić information content (AvgIpc) is 2.99. The Morgan fingerprint density at radius 2 is 2.32 bits per heavy atom. The van der Waals surface area contributed by atoms with E-state index in [0.717, 1.165) is 11.0 Å². The second-order valence-corrected chi connectivity index (χ2v) is 5.45. The summed E-state index contributed by atoms with van der Waals surface area (Å²) in [5.74, 6) is 0.698. The van der Waals surface area contributed by atoms with Gasteiger partial charge in [0.25, 0.3) is 0 Å². The number of nitrogens with one attached hydrogen (secondary N) is 1. The number of hydrogen-bond donors (Lipinski definition) is 2. The van der Waals surface area contributed by atoms with E-state index < -0.39 is 12.0 Å². The van der Waals surface area contributed by atoms with E-state index in [0.29, 0.717) is 19.0 Å². The van der Waals surface area contributed by atoms with Crippen LogP contribution in [-0.4, -0.2) is 39.4 Å². The normalized spacial score (nSPS) is 39.1. The lowest BCUT2D eigenvalue weighted by Crippen LogP contribution is -2.58. The molecular weight excluding hydrogens is 246 g/mol. The lowest BCUT2D eigenvalue weighted by Gasteiger charge is -2.45. The third-order valence-electron chi connectivity index (χ3n) is 4.31. The van der Waals surface area contributed by atoms with Gasteiger partial charge in [-0.15, -0.1) is 0 Å². The zero-order valence-corrected chi connectivity index (χ0v) is 10.1. The SMILES string of the molecule is O[C@@]12C[C@@H]([C@H]3CO[C@@H]1O3)n1c(nc3ccccc31)N2. The highest BCUT2D eigenvalue weighted by Gasteiger charge is 2.57. The van der Waals surface area contributed by atoms with Gasteiger partial charge in [0.1, 0.15) is 6.10 Å². The number of anilines is 1. The maximum Gasteiger partial charge on any atom is 0.206 e. The quantitative estimate of drug-likeness (QED) is 0.733. The van der Waals surface area contributed by atoms with Crippen molar-refractivity contribution in [2.45, 2.75) is 30.6 Å². The Morgan fingerprint density at radius 3 is 3.26 bits per heavy atom. The summed E-state index contributed by atoms with van der Waals surface area (Å²) in [6, 6.07) is 8.04. The van der Waals surface area contributed by atoms with Gasteiger partial charge in [-0.25, -0.2) is 4.98 Å². The van der Waals surface area contributed by atoms with Crippen LogP contribution in [0, 0.1) is 0 Å². The van der Waals surface area contributed by atoms with Crippen LogP contribution in [0.25, 0.3) is 11.0 Å². The summed E-state index contributed by atoms with van der Waals surface area (Å²) in [7, 11) is 0. The first kappa shape index (κ1) is 10.2. The van der Waals surface area contributed by atoms with Gasteiger partial charge < -0.3 is 24.5 Å². The summed E-state index contributed by atoms with van der Waals surface area (Å²) in [6.07, 6.45) is -0.0265. The second-order valence-electron chi connectivity index (χ2n) is 5.45. The number of rotatable bonds is 0. The van der Waals surface area contributed by atoms with E-state index >= 15 is 0 Å². The summed E-state index contributed by atoms with van der Waals surface area (Å²) in [5.41, 5.74) is 0.818. The van der Waals surface area contributed by atoms with Crippen LogP contribution in [0.15, 0.2) is 24.3 Å². The molecule has 4 atom stereocenters. The van der Waals surface area contributed by atoms with Crippen molar-refractivity contribution in [1.82, 2.24) is 9.55 Å². The molecule has 3 aliphatic heterocycles. The van der Waals surface area contributed by atoms with Crippen molar-refractivity contribution in [2.24, 2.45) is 0 Å². The van der Waals surface area contributed by atoms with Gasteiger partial charge in [0, 0.05) is 6.42 Å². The molecule has 0 radical (unpaired) electrons. The largest absolute Gasteiger partial charge is 0.366 e. The second kappa shape index (κ2) is 3.09. The zero-order valence-electron chi connectivity index (χ0n) is 10.1. The van der Waals surface area contributed by atoms with Crippen LogP contribution in [0.5, 0.6) is 0 Å². The number of imidazole rings is 1. The predicted octanol–water partition coefficient (Wildman–Crippen LogP) is 0.837. The molecular formula is C13H13N3O3. The number of fused-ring (bicyclic) bond motifs is 10. The van der Waals surface area contributed by atoms with Crippen LogP contribution in [0.3, 0.4) is 0 Å². The van der Waals surface area contributed by atoms with Crippen molar-refractivity contribution in [3.8, 4) is 0 Å². The molecule has 4 heterocycles. The van der Waals surface area contributed by atoms with E-state index in [2.05, 4.69) is 14.9 Å². The van der Waals surface area contributed by atoms with Crippen molar-refractivity contribution in [3.05, 3.63) is 24.3 Å². The van der Waals surface area contributed by atoms with E-state index in [1.165, 1.54) is 0 Å². The summed E-state index contributed by atoms with van der Waals surface area (Å²) < 4.78 is 13.4. The highest BCUT2D eigenvalue weighted by Crippen LogP contribution is 2.47. The molecule has 0 aliphatic carbocycles. The predicted molar refractivity (Wildman–Crippen MR) is 66.6 cm³/mol. The molecule has 2 aromatic rings. The van der Waals surface area contributed by atoms with Crippen molar-refractivity contribution in [1.29, 1.82) is 0 Å². The first-order valence-electron chi connectivity index (χ1n) is 6.49. The molecule has 4 bridgehead atoms. The number of hydrogen-bond acceptors (Lipinski definition) is 5. The monoisotopic (exact) mass is 259 g/mol. The Labute approximate surface area is 108 Å². The van der Waals surface area contributed by atoms with Gasteiger partial charge in [-0.3, -0.25) is 0 Å². The van der Waals surface area contributed by atoms with E-state index in [-0.39, 0.29) is 12.1 Å². The molecule has 5 rings (SSSR count). The van der Waals surface area contributed by atoms with Gasteiger partial charge in [0.05, 0.1) is 23.7 Å². The Hall–Kier alpha value is -1.63. The molecule has 6 heteroatoms. The average molecular weight is 259 g/mol. The number of aromatic nitrogens is 2. The minimum atomic E-state index is -1.17. The van der Waals surface area contributed by atoms with E-state index in [4.69, 9.17) is 9.47 Å². The first-order valence-corrected chi connectivity index (χ1v) is 6.49. The fraction of sp³-hybridized carbons (Fsp3) is 0.462. The van der Waals surface area contributed by atoms with Gasteiger partial charge in [0.2, 0.25) is 12.2 Å². The smallest absolute Gasteiger partial charge is 0.206 e. The molecule has 1 aromatic heterocycles. The summed E-state index contributed by atoms with van der Waals surface area (Å²) in [5, 5.41) is 13.7. The minimum absolute atomic E-state index is 0.0104. The van der Waals surface area contributed by atoms with E-state index in [9.17, 15) is 5.11 Å². The van der Waals surface area contributed by atoms with E-state index in [1.807, 2.05) is 24.3 Å². The standard InChI is InChI=1S/C13H13N3O3/c17-13-5-9(10-6-18-11(13)19-10)16-8-4-2-1-3-7(8)14-12(16)15-13/h1-4,9-11,17H,5-6H2,(H,14,15)/t9-,10+,11+,13-/m0/s1. The van der Waals surface area contributed by atoms with Crippen LogP contribution in [0.1, 0.15) is 12.5 Å². The van der Waals surface area contributed by atoms with E-state index in [1.54, 1.807) is 0 Å². The first-order chi connectivity index (χ1) is 9.24. The molecule has 0 saturated carbocycles. The molecule has 3 aliphatic rings. The highest BCUT2D eigenvalue weighted by molar-refractivity contribution is 5.79. The highest BCUT2D eigenvalue weighted by atomic mass is 16.7. The Balaban J connectivity index is 1.79. The van der Waals surface area contributed by atoms with Crippen molar-refractivity contribution >= 4 is 17.0 Å². The number of benzene rings is 1. The van der Waals surface area contributed by atoms with Gasteiger partial charge in [0.15, 0.2) is 5.72 Å². The fourth-order valence-corrected chi connectivity index (χ4v) is 3.45. The number of aliphatic hydroxyl groups is 1. The molecule has 0 amide bonds. The van der Waals surface area contributed by atoms with Crippen LogP contribution >= 0.6 is 0 Å². The molecule has 19 heavy (non-hydrogen) atoms. The number of nitrogens with zero attached hydrogens (tertiary/aromatic N) is 2. The molecule has 2 fully saturated rings. The summed E-state index contributed by atoms with van der Waals surface area (Å²) in [4.78, 5) is 4.56. The maximum atomic E-state index is 10.6. The fourth-order valence-electron chi connectivity index (χ4n) is 3.45. The molecule has 6 nitrogen and oxygen atoms in total. The molecule has 98 valence electrons. The Bertz CT molecular complexity index is 685. The van der Waals surface area contributed by atoms with Crippen LogP contribution in [0.4, 0.5) is 5.95 Å². The molecule has 0 spiro atoms. The van der Waals surface area contributed by atoms with Crippen LogP contribution in [0.2, 0.25) is 0 Å². The van der Waals surface area contributed by atoms with Gasteiger partial charge in [-0.1, -0.05) is 12.1 Å². The maximum absolute atomic E-state index is 10.6. The summed E-state index contributed by atoms with van der Waals surface area (Å²) >= 11 is 0. The van der Waals surface area contributed by atoms with Gasteiger partial charge in [-0.2, -0.15) is 0 Å². The molecule has 2 N–H and O–H groups in total. The molecule has 1 aromatic carbocycles. The zero-order chi connectivity index (χ0) is 12.6. The van der Waals surface area contributed by atoms with Gasteiger partial charge in [-0.05, 0) is 12.1 Å². The lowest BCUT2D eigenvalue weighted by atomic mass is 9.94. The summed E-state index contributed by atoms with van der Waals surface area (Å²) in [6.45, 7) is 0.519. The van der Waals surface area contributed by atoms with Crippen molar-refractivity contribution < 1.29 is 14.6 Å². The van der Waals surface area contributed by atoms with Crippen molar-refractivity contribution in [3.63, 3.8) is 0 Å². The third kappa shape index (κ3) is 1.14. The van der Waals surface area contributed by atoms with Crippen LogP contribution in [-0.2, 0) is 9.47 Å². The number of para-hydroxylation sites is 2. The topological polar surface area (TPSA) is 68.5 Å².